The van der Waals surface area contributed by atoms with Crippen LogP contribution < -0.4 is 0 Å². The summed E-state index contributed by atoms with van der Waals surface area (Å²) < 4.78 is 24.5. The minimum Gasteiger partial charge on any atom is -0.321 e. The lowest BCUT2D eigenvalue weighted by atomic mass is 9.85. The zero-order valence-corrected chi connectivity index (χ0v) is 25.3. The van der Waals surface area contributed by atoms with E-state index in [1.54, 1.807) is 6.92 Å². The first-order chi connectivity index (χ1) is 17.5. The van der Waals surface area contributed by atoms with Crippen LogP contribution >= 0.6 is 15.2 Å². The molecule has 0 aromatic heterocycles. The van der Waals surface area contributed by atoms with Gasteiger partial charge in [-0.3, -0.25) is 9.13 Å². The summed E-state index contributed by atoms with van der Waals surface area (Å²) in [5.74, 6) is 6.53. The standard InChI is InChI=1S/C29H48O6P2/c1-6-11-12-13-14-15-16-17-18-19-20-21-27-25(9-4)24(8-3)23(7-2)22-28(27)26(10-5)29(36(30,31)32)37(33,34)35/h22H,6-19H2,1-5H3,(H2,30,31,32)(H2,33,34,35). The highest BCUT2D eigenvalue weighted by molar-refractivity contribution is 7.77. The molecule has 0 aliphatic rings. The van der Waals surface area contributed by atoms with Gasteiger partial charge >= 0.3 is 15.2 Å². The number of hydrogen-bond donors (Lipinski definition) is 4. The SMILES string of the molecule is CCCCCCCCCCCC#Cc1c(C(CC)=C(P(=O)(O)O)P(=O)(O)O)cc(CC)c(CC)c1CC. The second kappa shape index (κ2) is 16.7. The van der Waals surface area contributed by atoms with Crippen molar-refractivity contribution >= 4 is 20.8 Å². The minimum absolute atomic E-state index is 0.00101. The van der Waals surface area contributed by atoms with Crippen molar-refractivity contribution in [2.24, 2.45) is 0 Å². The fourth-order valence-corrected chi connectivity index (χ4v) is 7.65. The number of unbranched alkanes of at least 4 members (excludes halogenated alkanes) is 9. The monoisotopic (exact) mass is 554 g/mol. The molecule has 37 heavy (non-hydrogen) atoms. The Morgan fingerprint density at radius 1 is 0.730 bits per heavy atom. The summed E-state index contributed by atoms with van der Waals surface area (Å²) >= 11 is 0. The number of aryl methyl sites for hydroxylation is 1. The lowest BCUT2D eigenvalue weighted by molar-refractivity contribution is 0.367. The molecule has 0 aliphatic carbocycles. The van der Waals surface area contributed by atoms with E-state index in [1.807, 2.05) is 19.9 Å². The molecule has 1 aromatic rings. The largest absolute Gasteiger partial charge is 0.364 e. The van der Waals surface area contributed by atoms with E-state index in [0.29, 0.717) is 30.4 Å². The number of benzene rings is 1. The Balaban J connectivity index is 3.41. The van der Waals surface area contributed by atoms with Gasteiger partial charge in [0, 0.05) is 12.0 Å². The third-order valence-electron chi connectivity index (χ3n) is 6.85. The van der Waals surface area contributed by atoms with Gasteiger partial charge < -0.3 is 19.6 Å². The predicted octanol–water partition coefficient (Wildman–Crippen LogP) is 8.08. The molecule has 0 spiro atoms. The molecular formula is C29H48O6P2. The Kier molecular flexibility index (Phi) is 15.3. The Labute approximate surface area is 224 Å². The van der Waals surface area contributed by atoms with Crippen LogP contribution in [-0.4, -0.2) is 19.6 Å². The first-order valence-electron chi connectivity index (χ1n) is 14.0. The van der Waals surface area contributed by atoms with E-state index in [2.05, 4.69) is 25.7 Å². The summed E-state index contributed by atoms with van der Waals surface area (Å²) in [7, 11) is -10.4. The van der Waals surface area contributed by atoms with Gasteiger partial charge in [-0.25, -0.2) is 0 Å². The van der Waals surface area contributed by atoms with Crippen LogP contribution in [0.2, 0.25) is 0 Å². The van der Waals surface area contributed by atoms with Gasteiger partial charge in [-0.15, -0.1) is 0 Å². The van der Waals surface area contributed by atoms with Crippen molar-refractivity contribution in [2.75, 3.05) is 0 Å². The molecule has 0 amide bonds. The molecule has 0 unspecified atom stereocenters. The second-order valence-corrected chi connectivity index (χ2v) is 13.0. The summed E-state index contributed by atoms with van der Waals surface area (Å²) in [4.78, 5) is 39.7. The lowest BCUT2D eigenvalue weighted by Gasteiger charge is -2.22. The summed E-state index contributed by atoms with van der Waals surface area (Å²) in [6, 6.07) is 1.84. The zero-order valence-electron chi connectivity index (χ0n) is 23.5. The van der Waals surface area contributed by atoms with Crippen LogP contribution in [0.15, 0.2) is 11.1 Å². The van der Waals surface area contributed by atoms with Crippen LogP contribution in [0.5, 0.6) is 0 Å². The van der Waals surface area contributed by atoms with Gasteiger partial charge in [-0.1, -0.05) is 97.8 Å². The van der Waals surface area contributed by atoms with E-state index in [4.69, 9.17) is 0 Å². The van der Waals surface area contributed by atoms with Gasteiger partial charge in [0.1, 0.15) is 0 Å². The Morgan fingerprint density at radius 2 is 1.24 bits per heavy atom. The van der Waals surface area contributed by atoms with Crippen molar-refractivity contribution in [1.82, 2.24) is 0 Å². The quantitative estimate of drug-likeness (QED) is 0.0933. The smallest absolute Gasteiger partial charge is 0.321 e. The highest BCUT2D eigenvalue weighted by atomic mass is 31.2. The van der Waals surface area contributed by atoms with Crippen LogP contribution in [0.25, 0.3) is 5.57 Å². The molecule has 0 saturated heterocycles. The number of rotatable bonds is 16. The van der Waals surface area contributed by atoms with E-state index >= 15 is 0 Å². The van der Waals surface area contributed by atoms with Gasteiger partial charge in [0.25, 0.3) is 0 Å². The van der Waals surface area contributed by atoms with Crippen LogP contribution in [-0.2, 0) is 28.4 Å². The van der Waals surface area contributed by atoms with Crippen LogP contribution in [0.3, 0.4) is 0 Å². The Morgan fingerprint density at radius 3 is 1.68 bits per heavy atom. The lowest BCUT2D eigenvalue weighted by Crippen LogP contribution is -2.07. The third kappa shape index (κ3) is 10.5. The van der Waals surface area contributed by atoms with E-state index < -0.39 is 20.2 Å². The van der Waals surface area contributed by atoms with Gasteiger partial charge in [0.05, 0.1) is 0 Å². The van der Waals surface area contributed by atoms with E-state index in [9.17, 15) is 28.7 Å². The first-order valence-corrected chi connectivity index (χ1v) is 17.2. The van der Waals surface area contributed by atoms with Crippen molar-refractivity contribution < 1.29 is 28.7 Å². The fourth-order valence-electron chi connectivity index (χ4n) is 5.03. The molecule has 0 atom stereocenters. The van der Waals surface area contributed by atoms with Crippen molar-refractivity contribution in [1.29, 1.82) is 0 Å². The molecule has 0 radical (unpaired) electrons. The Bertz CT molecular complexity index is 1030. The molecule has 6 nitrogen and oxygen atoms in total. The summed E-state index contributed by atoms with van der Waals surface area (Å²) in [6.07, 6.45) is 14.0. The highest BCUT2D eigenvalue weighted by Crippen LogP contribution is 2.67. The molecule has 0 bridgehead atoms. The Hall–Kier alpha value is -1.18. The first kappa shape index (κ1) is 33.8. The molecular weight excluding hydrogens is 506 g/mol. The highest BCUT2D eigenvalue weighted by Gasteiger charge is 2.40. The maximum atomic E-state index is 12.3. The molecule has 1 aromatic carbocycles. The van der Waals surface area contributed by atoms with E-state index in [0.717, 1.165) is 36.0 Å². The van der Waals surface area contributed by atoms with Gasteiger partial charge in [-0.2, -0.15) is 0 Å². The predicted molar refractivity (Wildman–Crippen MR) is 155 cm³/mol. The summed E-state index contributed by atoms with van der Waals surface area (Å²) in [6.45, 7) is 9.98. The molecule has 210 valence electrons. The van der Waals surface area contributed by atoms with Crippen molar-refractivity contribution in [2.45, 2.75) is 125 Å². The minimum atomic E-state index is -5.21. The van der Waals surface area contributed by atoms with Crippen LogP contribution in [0.4, 0.5) is 0 Å². The van der Waals surface area contributed by atoms with E-state index in [1.165, 1.54) is 44.9 Å². The van der Waals surface area contributed by atoms with Crippen molar-refractivity contribution in [3.63, 3.8) is 0 Å². The average Bonchev–Trinajstić information content (AvgIpc) is 2.83. The molecule has 4 N–H and O–H groups in total. The zero-order chi connectivity index (χ0) is 28.1. The topological polar surface area (TPSA) is 115 Å². The van der Waals surface area contributed by atoms with Gasteiger partial charge in [0.2, 0.25) is 0 Å². The summed E-state index contributed by atoms with van der Waals surface area (Å²) in [5, 5.41) is -1.09. The molecule has 0 saturated carbocycles. The molecule has 0 aliphatic heterocycles. The second-order valence-electron chi connectivity index (χ2n) is 9.60. The molecule has 1 rings (SSSR count). The van der Waals surface area contributed by atoms with E-state index in [-0.39, 0.29) is 12.0 Å². The molecule has 0 fully saturated rings. The maximum absolute atomic E-state index is 12.3. The van der Waals surface area contributed by atoms with Crippen molar-refractivity contribution in [3.05, 3.63) is 38.9 Å². The normalized spacial score (nSPS) is 11.8. The van der Waals surface area contributed by atoms with Gasteiger partial charge in [0.15, 0.2) is 5.06 Å². The van der Waals surface area contributed by atoms with Gasteiger partial charge in [-0.05, 0) is 66.0 Å². The maximum Gasteiger partial charge on any atom is 0.364 e. The number of hydrogen-bond acceptors (Lipinski definition) is 2. The number of allylic oxidation sites excluding steroid dienone is 1. The van der Waals surface area contributed by atoms with Crippen LogP contribution in [0, 0.1) is 11.8 Å². The van der Waals surface area contributed by atoms with Crippen LogP contribution in [0.1, 0.15) is 133 Å². The molecule has 8 heteroatoms. The fraction of sp³-hybridized carbons (Fsp3) is 0.655. The average molecular weight is 555 g/mol. The van der Waals surface area contributed by atoms with Crippen molar-refractivity contribution in [3.8, 4) is 11.8 Å². The summed E-state index contributed by atoms with van der Waals surface area (Å²) in [5.41, 5.74) is 4.25. The third-order valence-corrected chi connectivity index (χ3v) is 10.1. The molecule has 0 heterocycles.